The summed E-state index contributed by atoms with van der Waals surface area (Å²) in [6.45, 7) is 6.47. The predicted octanol–water partition coefficient (Wildman–Crippen LogP) is 1.49. The van der Waals surface area contributed by atoms with Crippen molar-refractivity contribution in [3.05, 3.63) is 29.7 Å². The van der Waals surface area contributed by atoms with Crippen LogP contribution in [0.1, 0.15) is 25.3 Å². The molecule has 0 saturated heterocycles. The van der Waals surface area contributed by atoms with Gasteiger partial charge in [0.15, 0.2) is 11.5 Å². The normalized spacial score (nSPS) is 11.8. The van der Waals surface area contributed by atoms with Gasteiger partial charge in [0, 0.05) is 20.0 Å². The lowest BCUT2D eigenvalue weighted by Gasteiger charge is -2.23. The highest BCUT2D eigenvalue weighted by molar-refractivity contribution is 5.88. The molecule has 0 bridgehead atoms. The SMILES string of the molecule is Cc1nc2ccc(C(C)(C)C(=O)NCCN)cc2o1. The molecule has 0 aliphatic heterocycles. The van der Waals surface area contributed by atoms with Crippen molar-refractivity contribution in [1.82, 2.24) is 10.3 Å². The number of aromatic nitrogens is 1. The number of hydrogen-bond donors (Lipinski definition) is 2. The molecule has 0 radical (unpaired) electrons. The molecule has 0 atom stereocenters. The molecular formula is C14H19N3O2. The first kappa shape index (κ1) is 13.5. The van der Waals surface area contributed by atoms with Crippen LogP contribution in [-0.2, 0) is 10.2 Å². The Balaban J connectivity index is 2.33. The van der Waals surface area contributed by atoms with E-state index >= 15 is 0 Å². The summed E-state index contributed by atoms with van der Waals surface area (Å²) in [7, 11) is 0. The van der Waals surface area contributed by atoms with Crippen LogP contribution in [0, 0.1) is 6.92 Å². The molecule has 0 unspecified atom stereocenters. The van der Waals surface area contributed by atoms with Crippen LogP contribution >= 0.6 is 0 Å². The Morgan fingerprint density at radius 2 is 2.21 bits per heavy atom. The number of aryl methyl sites for hydroxylation is 1. The van der Waals surface area contributed by atoms with Crippen molar-refractivity contribution in [1.29, 1.82) is 0 Å². The molecule has 1 heterocycles. The minimum atomic E-state index is -0.635. The number of fused-ring (bicyclic) bond motifs is 1. The predicted molar refractivity (Wildman–Crippen MR) is 73.8 cm³/mol. The third-order valence-electron chi connectivity index (χ3n) is 3.21. The summed E-state index contributed by atoms with van der Waals surface area (Å²) in [5.41, 5.74) is 7.17. The molecule has 5 heteroatoms. The molecule has 0 fully saturated rings. The van der Waals surface area contributed by atoms with E-state index in [1.54, 1.807) is 6.92 Å². The number of rotatable bonds is 4. The van der Waals surface area contributed by atoms with Crippen molar-refractivity contribution in [2.45, 2.75) is 26.2 Å². The van der Waals surface area contributed by atoms with Crippen LogP contribution in [0.3, 0.4) is 0 Å². The van der Waals surface area contributed by atoms with Gasteiger partial charge in [-0.15, -0.1) is 0 Å². The zero-order valence-corrected chi connectivity index (χ0v) is 11.5. The maximum atomic E-state index is 12.2. The van der Waals surface area contributed by atoms with E-state index in [1.165, 1.54) is 0 Å². The number of hydrogen-bond acceptors (Lipinski definition) is 4. The minimum Gasteiger partial charge on any atom is -0.441 e. The second-order valence-electron chi connectivity index (χ2n) is 5.08. The third-order valence-corrected chi connectivity index (χ3v) is 3.21. The van der Waals surface area contributed by atoms with E-state index in [1.807, 2.05) is 32.0 Å². The Kier molecular flexibility index (Phi) is 3.57. The van der Waals surface area contributed by atoms with Gasteiger partial charge in [0.2, 0.25) is 5.91 Å². The van der Waals surface area contributed by atoms with Crippen molar-refractivity contribution in [2.75, 3.05) is 13.1 Å². The number of nitrogens with two attached hydrogens (primary N) is 1. The van der Waals surface area contributed by atoms with Gasteiger partial charge < -0.3 is 15.5 Å². The smallest absolute Gasteiger partial charge is 0.230 e. The van der Waals surface area contributed by atoms with Crippen LogP contribution in [0.5, 0.6) is 0 Å². The zero-order valence-electron chi connectivity index (χ0n) is 11.5. The van der Waals surface area contributed by atoms with E-state index in [4.69, 9.17) is 10.2 Å². The van der Waals surface area contributed by atoms with Gasteiger partial charge in [0.05, 0.1) is 5.41 Å². The highest BCUT2D eigenvalue weighted by atomic mass is 16.3. The average Bonchev–Trinajstić information content (AvgIpc) is 2.74. The maximum Gasteiger partial charge on any atom is 0.230 e. The van der Waals surface area contributed by atoms with Crippen molar-refractivity contribution in [3.63, 3.8) is 0 Å². The molecule has 1 aromatic carbocycles. The fourth-order valence-electron chi connectivity index (χ4n) is 1.97. The van der Waals surface area contributed by atoms with Crippen molar-refractivity contribution in [2.24, 2.45) is 5.73 Å². The molecule has 0 saturated carbocycles. The fourth-order valence-corrected chi connectivity index (χ4v) is 1.97. The standard InChI is InChI=1S/C14H19N3O2/c1-9-17-11-5-4-10(8-12(11)19-9)14(2,3)13(18)16-7-6-15/h4-5,8H,6-7,15H2,1-3H3,(H,16,18). The van der Waals surface area contributed by atoms with Crippen LogP contribution in [0.25, 0.3) is 11.1 Å². The summed E-state index contributed by atoms with van der Waals surface area (Å²) in [4.78, 5) is 16.4. The molecule has 2 aromatic rings. The van der Waals surface area contributed by atoms with Crippen LogP contribution in [0.15, 0.2) is 22.6 Å². The first-order chi connectivity index (χ1) is 8.95. The number of oxazole rings is 1. The van der Waals surface area contributed by atoms with Crippen LogP contribution in [-0.4, -0.2) is 24.0 Å². The lowest BCUT2D eigenvalue weighted by molar-refractivity contribution is -0.125. The van der Waals surface area contributed by atoms with Crippen molar-refractivity contribution >= 4 is 17.0 Å². The first-order valence-electron chi connectivity index (χ1n) is 6.31. The van der Waals surface area contributed by atoms with E-state index in [2.05, 4.69) is 10.3 Å². The monoisotopic (exact) mass is 261 g/mol. The molecule has 1 aromatic heterocycles. The van der Waals surface area contributed by atoms with Gasteiger partial charge in [-0.3, -0.25) is 4.79 Å². The van der Waals surface area contributed by atoms with Gasteiger partial charge in [0.25, 0.3) is 0 Å². The molecule has 2 rings (SSSR count). The third kappa shape index (κ3) is 2.61. The first-order valence-corrected chi connectivity index (χ1v) is 6.31. The van der Waals surface area contributed by atoms with Crippen molar-refractivity contribution in [3.8, 4) is 0 Å². The Labute approximate surface area is 112 Å². The second-order valence-corrected chi connectivity index (χ2v) is 5.08. The van der Waals surface area contributed by atoms with E-state index < -0.39 is 5.41 Å². The largest absolute Gasteiger partial charge is 0.441 e. The number of amides is 1. The van der Waals surface area contributed by atoms with Crippen LogP contribution in [0.2, 0.25) is 0 Å². The molecular weight excluding hydrogens is 242 g/mol. The number of carbonyl (C=O) groups is 1. The highest BCUT2D eigenvalue weighted by Gasteiger charge is 2.29. The van der Waals surface area contributed by atoms with E-state index in [-0.39, 0.29) is 5.91 Å². The van der Waals surface area contributed by atoms with Gasteiger partial charge in [-0.05, 0) is 31.5 Å². The number of nitrogens with one attached hydrogen (secondary N) is 1. The highest BCUT2D eigenvalue weighted by Crippen LogP contribution is 2.27. The molecule has 19 heavy (non-hydrogen) atoms. The van der Waals surface area contributed by atoms with Gasteiger partial charge in [-0.1, -0.05) is 6.07 Å². The molecule has 0 aliphatic rings. The van der Waals surface area contributed by atoms with E-state index in [9.17, 15) is 4.79 Å². The van der Waals surface area contributed by atoms with Gasteiger partial charge in [-0.2, -0.15) is 0 Å². The Morgan fingerprint density at radius 1 is 1.47 bits per heavy atom. The molecule has 0 spiro atoms. The summed E-state index contributed by atoms with van der Waals surface area (Å²) in [5, 5.41) is 2.81. The minimum absolute atomic E-state index is 0.0477. The Bertz CT molecular complexity index is 602. The summed E-state index contributed by atoms with van der Waals surface area (Å²) >= 11 is 0. The van der Waals surface area contributed by atoms with Gasteiger partial charge >= 0.3 is 0 Å². The van der Waals surface area contributed by atoms with Crippen molar-refractivity contribution < 1.29 is 9.21 Å². The summed E-state index contributed by atoms with van der Waals surface area (Å²) < 4.78 is 5.50. The fraction of sp³-hybridized carbons (Fsp3) is 0.429. The lowest BCUT2D eigenvalue weighted by Crippen LogP contribution is -2.42. The lowest BCUT2D eigenvalue weighted by atomic mass is 9.83. The Morgan fingerprint density at radius 3 is 2.89 bits per heavy atom. The quantitative estimate of drug-likeness (QED) is 0.873. The summed E-state index contributed by atoms with van der Waals surface area (Å²) in [5.74, 6) is 0.575. The number of carbonyl (C=O) groups excluding carboxylic acids is 1. The molecule has 0 aliphatic carbocycles. The van der Waals surface area contributed by atoms with Gasteiger partial charge in [-0.25, -0.2) is 4.98 Å². The molecule has 5 nitrogen and oxygen atoms in total. The summed E-state index contributed by atoms with van der Waals surface area (Å²) in [6, 6.07) is 5.66. The van der Waals surface area contributed by atoms with E-state index in [0.29, 0.717) is 24.6 Å². The Hall–Kier alpha value is -1.88. The number of benzene rings is 1. The average molecular weight is 261 g/mol. The molecule has 102 valence electrons. The zero-order chi connectivity index (χ0) is 14.0. The summed E-state index contributed by atoms with van der Waals surface area (Å²) in [6.07, 6.45) is 0. The van der Waals surface area contributed by atoms with Gasteiger partial charge in [0.1, 0.15) is 5.52 Å². The topological polar surface area (TPSA) is 81.2 Å². The van der Waals surface area contributed by atoms with E-state index in [0.717, 1.165) is 11.1 Å². The van der Waals surface area contributed by atoms with Crippen LogP contribution in [0.4, 0.5) is 0 Å². The number of nitrogens with zero attached hydrogens (tertiary/aromatic N) is 1. The second kappa shape index (κ2) is 5.01. The van der Waals surface area contributed by atoms with Crippen LogP contribution < -0.4 is 11.1 Å². The molecule has 1 amide bonds. The molecule has 3 N–H and O–H groups in total. The maximum absolute atomic E-state index is 12.2.